The molecule has 2 aromatic carbocycles. The van der Waals surface area contributed by atoms with Crippen LogP contribution in [0.15, 0.2) is 59.8 Å². The van der Waals surface area contributed by atoms with Gasteiger partial charge in [0, 0.05) is 11.1 Å². The van der Waals surface area contributed by atoms with Crippen LogP contribution in [0.4, 0.5) is 0 Å². The van der Waals surface area contributed by atoms with Crippen molar-refractivity contribution in [2.45, 2.75) is 31.0 Å². The first-order valence-electron chi connectivity index (χ1n) is 8.62. The van der Waals surface area contributed by atoms with Crippen molar-refractivity contribution in [3.05, 3.63) is 65.2 Å². The molecule has 8 heteroatoms. The van der Waals surface area contributed by atoms with Gasteiger partial charge in [0.15, 0.2) is 0 Å². The highest BCUT2D eigenvalue weighted by atomic mass is 35.5. The molecule has 1 amide bonds. The molecular formula is C19H20ClN5OS. The molecule has 140 valence electrons. The number of halogens is 1. The van der Waals surface area contributed by atoms with Crippen molar-refractivity contribution < 1.29 is 4.79 Å². The topological polar surface area (TPSA) is 72.7 Å². The molecule has 0 aliphatic rings. The summed E-state index contributed by atoms with van der Waals surface area (Å²) in [5.41, 5.74) is 2.07. The molecule has 0 unspecified atom stereocenters. The van der Waals surface area contributed by atoms with E-state index in [0.29, 0.717) is 10.2 Å². The number of benzene rings is 2. The average Bonchev–Trinajstić information content (AvgIpc) is 3.15. The van der Waals surface area contributed by atoms with Gasteiger partial charge >= 0.3 is 0 Å². The predicted molar refractivity (Wildman–Crippen MR) is 107 cm³/mol. The highest BCUT2D eigenvalue weighted by molar-refractivity contribution is 7.99. The number of hydrogen-bond acceptors (Lipinski definition) is 5. The van der Waals surface area contributed by atoms with Crippen LogP contribution < -0.4 is 5.32 Å². The van der Waals surface area contributed by atoms with Gasteiger partial charge in [-0.3, -0.25) is 4.79 Å². The highest BCUT2D eigenvalue weighted by Crippen LogP contribution is 2.19. The molecule has 0 aliphatic heterocycles. The summed E-state index contributed by atoms with van der Waals surface area (Å²) in [6.07, 6.45) is 1.83. The summed E-state index contributed by atoms with van der Waals surface area (Å²) < 4.78 is 1.59. The second-order valence-corrected chi connectivity index (χ2v) is 7.51. The number of aromatic nitrogens is 4. The van der Waals surface area contributed by atoms with E-state index in [9.17, 15) is 4.79 Å². The minimum Gasteiger partial charge on any atom is -0.353 e. The smallest absolute Gasteiger partial charge is 0.230 e. The van der Waals surface area contributed by atoms with E-state index >= 15 is 0 Å². The molecule has 0 saturated carbocycles. The first kappa shape index (κ1) is 19.4. The number of hydrogen-bond donors (Lipinski definition) is 1. The summed E-state index contributed by atoms with van der Waals surface area (Å²) in [6.45, 7) is 2.02. The third-order valence-corrected chi connectivity index (χ3v) is 5.13. The molecule has 0 fully saturated rings. The van der Waals surface area contributed by atoms with Gasteiger partial charge in [-0.05, 0) is 60.0 Å². The van der Waals surface area contributed by atoms with E-state index < -0.39 is 0 Å². The third-order valence-electron chi connectivity index (χ3n) is 3.96. The lowest BCUT2D eigenvalue weighted by Crippen LogP contribution is -2.34. The molecule has 0 radical (unpaired) electrons. The van der Waals surface area contributed by atoms with Crippen molar-refractivity contribution in [2.24, 2.45) is 0 Å². The maximum Gasteiger partial charge on any atom is 0.230 e. The SMILES string of the molecule is C[C@@H](CCc1ccccc1)NC(=O)CSc1nnnn1-c1ccc(Cl)cc1. The quantitative estimate of drug-likeness (QED) is 0.584. The van der Waals surface area contributed by atoms with E-state index in [-0.39, 0.29) is 17.7 Å². The van der Waals surface area contributed by atoms with Crippen LogP contribution in [0.5, 0.6) is 0 Å². The predicted octanol–water partition coefficient (Wildman–Crippen LogP) is 3.55. The number of aryl methyl sites for hydroxylation is 1. The van der Waals surface area contributed by atoms with Gasteiger partial charge in [-0.1, -0.05) is 53.7 Å². The minimum absolute atomic E-state index is 0.0359. The Morgan fingerprint density at radius 2 is 1.93 bits per heavy atom. The van der Waals surface area contributed by atoms with Crippen molar-refractivity contribution in [1.82, 2.24) is 25.5 Å². The van der Waals surface area contributed by atoms with Gasteiger partial charge < -0.3 is 5.32 Å². The molecule has 3 rings (SSSR count). The molecule has 1 heterocycles. The summed E-state index contributed by atoms with van der Waals surface area (Å²) in [5, 5.41) is 15.9. The maximum absolute atomic E-state index is 12.2. The molecule has 27 heavy (non-hydrogen) atoms. The molecule has 0 bridgehead atoms. The summed E-state index contributed by atoms with van der Waals surface area (Å²) >= 11 is 7.21. The summed E-state index contributed by atoms with van der Waals surface area (Å²) in [4.78, 5) is 12.2. The van der Waals surface area contributed by atoms with Crippen molar-refractivity contribution in [3.8, 4) is 5.69 Å². The second-order valence-electron chi connectivity index (χ2n) is 6.13. The van der Waals surface area contributed by atoms with Crippen LogP contribution >= 0.6 is 23.4 Å². The van der Waals surface area contributed by atoms with Crippen molar-refractivity contribution in [3.63, 3.8) is 0 Å². The van der Waals surface area contributed by atoms with Crippen LogP contribution in [-0.4, -0.2) is 37.9 Å². The Bertz CT molecular complexity index is 869. The van der Waals surface area contributed by atoms with Crippen LogP contribution in [0, 0.1) is 0 Å². The Morgan fingerprint density at radius 3 is 2.67 bits per heavy atom. The van der Waals surface area contributed by atoms with E-state index in [1.54, 1.807) is 16.8 Å². The Hall–Kier alpha value is -2.38. The van der Waals surface area contributed by atoms with Gasteiger partial charge in [0.2, 0.25) is 11.1 Å². The molecule has 0 saturated heterocycles. The lowest BCUT2D eigenvalue weighted by atomic mass is 10.1. The van der Waals surface area contributed by atoms with Crippen molar-refractivity contribution in [1.29, 1.82) is 0 Å². The number of nitrogens with zero attached hydrogens (tertiary/aromatic N) is 4. The zero-order chi connectivity index (χ0) is 19.1. The van der Waals surface area contributed by atoms with E-state index in [2.05, 4.69) is 33.0 Å². The highest BCUT2D eigenvalue weighted by Gasteiger charge is 2.13. The van der Waals surface area contributed by atoms with E-state index in [1.807, 2.05) is 37.3 Å². The lowest BCUT2D eigenvalue weighted by molar-refractivity contribution is -0.119. The van der Waals surface area contributed by atoms with Gasteiger partial charge in [0.1, 0.15) is 0 Å². The van der Waals surface area contributed by atoms with E-state index in [1.165, 1.54) is 17.3 Å². The normalized spacial score (nSPS) is 11.9. The van der Waals surface area contributed by atoms with Crippen LogP contribution in [0.1, 0.15) is 18.9 Å². The number of thioether (sulfide) groups is 1. The molecule has 0 aliphatic carbocycles. The lowest BCUT2D eigenvalue weighted by Gasteiger charge is -2.13. The zero-order valence-corrected chi connectivity index (χ0v) is 16.5. The number of tetrazole rings is 1. The fourth-order valence-electron chi connectivity index (χ4n) is 2.56. The van der Waals surface area contributed by atoms with Crippen molar-refractivity contribution >= 4 is 29.3 Å². The summed E-state index contributed by atoms with van der Waals surface area (Å²) in [5.74, 6) is 0.218. The average molecular weight is 402 g/mol. The van der Waals surface area contributed by atoms with Gasteiger partial charge in [0.05, 0.1) is 11.4 Å². The Morgan fingerprint density at radius 1 is 1.19 bits per heavy atom. The number of rotatable bonds is 8. The van der Waals surface area contributed by atoms with Gasteiger partial charge in [-0.2, -0.15) is 4.68 Å². The second kappa shape index (κ2) is 9.53. The Balaban J connectivity index is 1.48. The molecular weight excluding hydrogens is 382 g/mol. The van der Waals surface area contributed by atoms with Gasteiger partial charge in [-0.15, -0.1) is 5.10 Å². The standard InChI is InChI=1S/C19H20ClN5OS/c1-14(7-8-15-5-3-2-4-6-15)21-18(26)13-27-19-22-23-24-25(19)17-11-9-16(20)10-12-17/h2-6,9-12,14H,7-8,13H2,1H3,(H,21,26)/t14-/m0/s1. The molecule has 3 aromatic rings. The van der Waals surface area contributed by atoms with E-state index in [4.69, 9.17) is 11.6 Å². The molecule has 1 N–H and O–H groups in total. The van der Waals surface area contributed by atoms with Crippen LogP contribution in [-0.2, 0) is 11.2 Å². The summed E-state index contributed by atoms with van der Waals surface area (Å²) in [6, 6.07) is 17.6. The Kier molecular flexibility index (Phi) is 6.84. The number of nitrogens with one attached hydrogen (secondary N) is 1. The largest absolute Gasteiger partial charge is 0.353 e. The Labute approximate surface area is 167 Å². The first-order valence-corrected chi connectivity index (χ1v) is 9.98. The molecule has 6 nitrogen and oxygen atoms in total. The first-order chi connectivity index (χ1) is 13.1. The monoisotopic (exact) mass is 401 g/mol. The number of carbonyl (C=O) groups is 1. The molecule has 1 atom stereocenters. The van der Waals surface area contributed by atoms with Crippen LogP contribution in [0.25, 0.3) is 5.69 Å². The van der Waals surface area contributed by atoms with Gasteiger partial charge in [0.25, 0.3) is 0 Å². The molecule has 0 spiro atoms. The number of carbonyl (C=O) groups excluding carboxylic acids is 1. The third kappa shape index (κ3) is 5.80. The van der Waals surface area contributed by atoms with Crippen LogP contribution in [0.3, 0.4) is 0 Å². The zero-order valence-electron chi connectivity index (χ0n) is 14.9. The van der Waals surface area contributed by atoms with Gasteiger partial charge in [-0.25, -0.2) is 0 Å². The number of amides is 1. The maximum atomic E-state index is 12.2. The van der Waals surface area contributed by atoms with Crippen molar-refractivity contribution in [2.75, 3.05) is 5.75 Å². The fraction of sp³-hybridized carbons (Fsp3) is 0.263. The summed E-state index contributed by atoms with van der Waals surface area (Å²) in [7, 11) is 0. The minimum atomic E-state index is -0.0359. The molecule has 1 aromatic heterocycles. The van der Waals surface area contributed by atoms with Crippen LogP contribution in [0.2, 0.25) is 5.02 Å². The van der Waals surface area contributed by atoms with E-state index in [0.717, 1.165) is 18.5 Å². The fourth-order valence-corrected chi connectivity index (χ4v) is 3.39.